The van der Waals surface area contributed by atoms with Crippen LogP contribution in [0.3, 0.4) is 0 Å². The van der Waals surface area contributed by atoms with Crippen molar-refractivity contribution in [3.63, 3.8) is 0 Å². The molecule has 0 atom stereocenters. The summed E-state index contributed by atoms with van der Waals surface area (Å²) in [4.78, 5) is 25.0. The standard InChI is InChI=1S/C21H25N3O4/c1-21(2,23-12-11-16-7-3-4-8-17(16)13-23)15-22-20(25)14-28-19-10-6-5-9-18(19)24(26)27/h3-10H,11-15H2,1-2H3,(H,22,25). The maximum Gasteiger partial charge on any atom is 0.310 e. The van der Waals surface area contributed by atoms with Crippen molar-refractivity contribution in [2.75, 3.05) is 19.7 Å². The van der Waals surface area contributed by atoms with Crippen molar-refractivity contribution in [2.24, 2.45) is 0 Å². The van der Waals surface area contributed by atoms with E-state index >= 15 is 0 Å². The van der Waals surface area contributed by atoms with Gasteiger partial charge in [0.1, 0.15) is 0 Å². The lowest BCUT2D eigenvalue weighted by molar-refractivity contribution is -0.385. The molecular weight excluding hydrogens is 358 g/mol. The molecule has 2 aromatic carbocycles. The van der Waals surface area contributed by atoms with Crippen LogP contribution in [0.2, 0.25) is 0 Å². The van der Waals surface area contributed by atoms with Crippen LogP contribution < -0.4 is 10.1 Å². The third kappa shape index (κ3) is 4.67. The highest BCUT2D eigenvalue weighted by Gasteiger charge is 2.30. The first-order valence-electron chi connectivity index (χ1n) is 9.31. The molecule has 0 aromatic heterocycles. The number of nitrogens with zero attached hydrogens (tertiary/aromatic N) is 2. The van der Waals surface area contributed by atoms with E-state index in [9.17, 15) is 14.9 Å². The molecule has 3 rings (SSSR count). The molecule has 7 nitrogen and oxygen atoms in total. The maximum absolute atomic E-state index is 12.2. The van der Waals surface area contributed by atoms with E-state index in [1.165, 1.54) is 23.3 Å². The van der Waals surface area contributed by atoms with E-state index in [-0.39, 0.29) is 29.5 Å². The van der Waals surface area contributed by atoms with Crippen molar-refractivity contribution >= 4 is 11.6 Å². The Balaban J connectivity index is 1.52. The van der Waals surface area contributed by atoms with Gasteiger partial charge in [-0.05, 0) is 37.5 Å². The summed E-state index contributed by atoms with van der Waals surface area (Å²) in [7, 11) is 0. The number of nitro groups is 1. The summed E-state index contributed by atoms with van der Waals surface area (Å²) in [6, 6.07) is 14.5. The molecule has 1 aliphatic rings. The molecule has 0 radical (unpaired) electrons. The summed E-state index contributed by atoms with van der Waals surface area (Å²) in [6.45, 7) is 6.20. The van der Waals surface area contributed by atoms with Crippen LogP contribution in [0.25, 0.3) is 0 Å². The zero-order valence-corrected chi connectivity index (χ0v) is 16.2. The molecule has 0 aliphatic carbocycles. The van der Waals surface area contributed by atoms with Gasteiger partial charge in [0.15, 0.2) is 12.4 Å². The second-order valence-corrected chi connectivity index (χ2v) is 7.54. The smallest absolute Gasteiger partial charge is 0.310 e. The number of rotatable bonds is 7. The van der Waals surface area contributed by atoms with Crippen molar-refractivity contribution < 1.29 is 14.5 Å². The van der Waals surface area contributed by atoms with Crippen molar-refractivity contribution in [3.8, 4) is 5.75 Å². The molecule has 0 fully saturated rings. The number of benzene rings is 2. The van der Waals surface area contributed by atoms with Gasteiger partial charge in [0, 0.05) is 31.2 Å². The number of carbonyl (C=O) groups excluding carboxylic acids is 1. The number of nitro benzene ring substituents is 1. The van der Waals surface area contributed by atoms with Gasteiger partial charge in [0.2, 0.25) is 0 Å². The van der Waals surface area contributed by atoms with Crippen LogP contribution >= 0.6 is 0 Å². The molecule has 0 saturated heterocycles. The van der Waals surface area contributed by atoms with Crippen LogP contribution in [-0.4, -0.2) is 41.0 Å². The fourth-order valence-corrected chi connectivity index (χ4v) is 3.36. The molecule has 1 N–H and O–H groups in total. The summed E-state index contributed by atoms with van der Waals surface area (Å²) >= 11 is 0. The van der Waals surface area contributed by atoms with Crippen LogP contribution in [0.1, 0.15) is 25.0 Å². The summed E-state index contributed by atoms with van der Waals surface area (Å²) in [5.74, 6) is -0.210. The highest BCUT2D eigenvalue weighted by molar-refractivity contribution is 5.77. The monoisotopic (exact) mass is 383 g/mol. The molecule has 0 saturated carbocycles. The molecule has 2 aromatic rings. The van der Waals surface area contributed by atoms with Gasteiger partial charge in [-0.1, -0.05) is 36.4 Å². The minimum atomic E-state index is -0.523. The quantitative estimate of drug-likeness (QED) is 0.587. The third-order valence-corrected chi connectivity index (χ3v) is 5.13. The Morgan fingerprint density at radius 3 is 2.61 bits per heavy atom. The predicted octanol–water partition coefficient (Wildman–Crippen LogP) is 2.93. The highest BCUT2D eigenvalue weighted by Crippen LogP contribution is 2.26. The van der Waals surface area contributed by atoms with Crippen LogP contribution in [0.15, 0.2) is 48.5 Å². The summed E-state index contributed by atoms with van der Waals surface area (Å²) in [5.41, 5.74) is 2.34. The van der Waals surface area contributed by atoms with E-state index in [1.54, 1.807) is 12.1 Å². The molecule has 1 aliphatic heterocycles. The second kappa shape index (κ2) is 8.39. The Labute approximate surface area is 164 Å². The zero-order valence-electron chi connectivity index (χ0n) is 16.2. The van der Waals surface area contributed by atoms with E-state index in [0.29, 0.717) is 6.54 Å². The van der Waals surface area contributed by atoms with Gasteiger partial charge in [-0.25, -0.2) is 0 Å². The van der Waals surface area contributed by atoms with Crippen molar-refractivity contribution in [2.45, 2.75) is 32.4 Å². The Kier molecular flexibility index (Phi) is 5.94. The fraction of sp³-hybridized carbons (Fsp3) is 0.381. The molecule has 148 valence electrons. The van der Waals surface area contributed by atoms with Gasteiger partial charge in [0.05, 0.1) is 4.92 Å². The Hall–Kier alpha value is -2.93. The topological polar surface area (TPSA) is 84.7 Å². The lowest BCUT2D eigenvalue weighted by Crippen LogP contribution is -2.53. The Morgan fingerprint density at radius 2 is 1.86 bits per heavy atom. The SMILES string of the molecule is CC(C)(CNC(=O)COc1ccccc1[N+](=O)[O-])N1CCc2ccccc2C1. The van der Waals surface area contributed by atoms with Crippen LogP contribution in [0, 0.1) is 10.1 Å². The lowest BCUT2D eigenvalue weighted by atomic mass is 9.94. The summed E-state index contributed by atoms with van der Waals surface area (Å²) in [6.07, 6.45) is 0.994. The summed E-state index contributed by atoms with van der Waals surface area (Å²) < 4.78 is 5.35. The lowest BCUT2D eigenvalue weighted by Gasteiger charge is -2.41. The highest BCUT2D eigenvalue weighted by atomic mass is 16.6. The van der Waals surface area contributed by atoms with Crippen molar-refractivity contribution in [1.29, 1.82) is 0 Å². The maximum atomic E-state index is 12.2. The van der Waals surface area contributed by atoms with Gasteiger partial charge < -0.3 is 10.1 Å². The van der Waals surface area contributed by atoms with Gasteiger partial charge in [-0.2, -0.15) is 0 Å². The largest absolute Gasteiger partial charge is 0.477 e. The number of amides is 1. The first-order chi connectivity index (χ1) is 13.4. The first kappa shape index (κ1) is 19.8. The molecule has 28 heavy (non-hydrogen) atoms. The minimum absolute atomic E-state index is 0.0922. The van der Waals surface area contributed by atoms with E-state index < -0.39 is 4.92 Å². The molecular formula is C21H25N3O4. The van der Waals surface area contributed by atoms with E-state index in [2.05, 4.69) is 48.3 Å². The molecule has 1 heterocycles. The number of fused-ring (bicyclic) bond motifs is 1. The van der Waals surface area contributed by atoms with Gasteiger partial charge in [-0.15, -0.1) is 0 Å². The molecule has 0 spiro atoms. The summed E-state index contributed by atoms with van der Waals surface area (Å²) in [5, 5.41) is 13.9. The van der Waals surface area contributed by atoms with Gasteiger partial charge in [-0.3, -0.25) is 19.8 Å². The van der Waals surface area contributed by atoms with Crippen molar-refractivity contribution in [3.05, 3.63) is 69.8 Å². The van der Waals surface area contributed by atoms with Gasteiger partial charge in [0.25, 0.3) is 5.91 Å². The molecule has 0 unspecified atom stereocenters. The third-order valence-electron chi connectivity index (χ3n) is 5.13. The molecule has 7 heteroatoms. The second-order valence-electron chi connectivity index (χ2n) is 7.54. The number of hydrogen-bond acceptors (Lipinski definition) is 5. The van der Waals surface area contributed by atoms with E-state index in [4.69, 9.17) is 4.74 Å². The number of ether oxygens (including phenoxy) is 1. The minimum Gasteiger partial charge on any atom is -0.477 e. The normalized spacial score (nSPS) is 14.2. The zero-order chi connectivity index (χ0) is 20.1. The average Bonchev–Trinajstić information content (AvgIpc) is 2.70. The first-order valence-corrected chi connectivity index (χ1v) is 9.31. The number of hydrogen-bond donors (Lipinski definition) is 1. The molecule has 0 bridgehead atoms. The van der Waals surface area contributed by atoms with Crippen molar-refractivity contribution in [1.82, 2.24) is 10.2 Å². The average molecular weight is 383 g/mol. The van der Waals surface area contributed by atoms with Gasteiger partial charge >= 0.3 is 5.69 Å². The number of para-hydroxylation sites is 2. The number of nitrogens with one attached hydrogen (secondary N) is 1. The molecule has 1 amide bonds. The number of carbonyl (C=O) groups is 1. The van der Waals surface area contributed by atoms with Crippen LogP contribution in [0.5, 0.6) is 5.75 Å². The Bertz CT molecular complexity index is 866. The fourth-order valence-electron chi connectivity index (χ4n) is 3.36. The Morgan fingerprint density at radius 1 is 1.18 bits per heavy atom. The van der Waals surface area contributed by atoms with Crippen LogP contribution in [-0.2, 0) is 17.8 Å². The van der Waals surface area contributed by atoms with Crippen LogP contribution in [0.4, 0.5) is 5.69 Å². The van der Waals surface area contributed by atoms with E-state index in [0.717, 1.165) is 19.5 Å². The predicted molar refractivity (Wildman–Crippen MR) is 106 cm³/mol. The van der Waals surface area contributed by atoms with E-state index in [1.807, 2.05) is 0 Å².